The van der Waals surface area contributed by atoms with Gasteiger partial charge in [0, 0.05) is 17.7 Å². The Kier molecular flexibility index (Phi) is 5.87. The van der Waals surface area contributed by atoms with E-state index >= 15 is 0 Å². The van der Waals surface area contributed by atoms with Crippen molar-refractivity contribution >= 4 is 23.4 Å². The van der Waals surface area contributed by atoms with Crippen LogP contribution in [0.15, 0.2) is 29.5 Å². The van der Waals surface area contributed by atoms with Crippen molar-refractivity contribution in [3.8, 4) is 5.75 Å². The van der Waals surface area contributed by atoms with Crippen molar-refractivity contribution in [1.29, 1.82) is 0 Å². The number of phenolic OH excluding ortho intramolecular Hbond substituents is 1. The number of rotatable bonds is 6. The Labute approximate surface area is 158 Å². The molecule has 1 aliphatic heterocycles. The second-order valence-corrected chi connectivity index (χ2v) is 7.51. The number of Topliss-reactive ketones (excluding diaryl/α,β-unsaturated/α-hetero) is 1. The van der Waals surface area contributed by atoms with E-state index in [1.165, 1.54) is 31.7 Å². The van der Waals surface area contributed by atoms with Gasteiger partial charge in [-0.05, 0) is 36.5 Å². The molecule has 0 saturated heterocycles. The number of amides is 2. The van der Waals surface area contributed by atoms with Crippen LogP contribution in [-0.4, -0.2) is 16.9 Å². The van der Waals surface area contributed by atoms with E-state index in [0.29, 0.717) is 35.6 Å². The zero-order chi connectivity index (χ0) is 18.7. The lowest BCUT2D eigenvalue weighted by molar-refractivity contribution is -0.116. The van der Waals surface area contributed by atoms with Gasteiger partial charge >= 0.3 is 6.03 Å². The molecule has 1 aliphatic carbocycles. The quantitative estimate of drug-likeness (QED) is 0.678. The van der Waals surface area contributed by atoms with Crippen LogP contribution in [0.3, 0.4) is 0 Å². The maximum absolute atomic E-state index is 13.0. The highest BCUT2D eigenvalue weighted by atomic mass is 35.5. The molecule has 0 aromatic heterocycles. The van der Waals surface area contributed by atoms with Gasteiger partial charge < -0.3 is 15.7 Å². The number of hydrogen-bond donors (Lipinski definition) is 3. The first-order valence-electron chi connectivity index (χ1n) is 9.31. The van der Waals surface area contributed by atoms with Crippen LogP contribution >= 0.6 is 11.6 Å². The van der Waals surface area contributed by atoms with Crippen molar-refractivity contribution < 1.29 is 14.7 Å². The number of carbonyl (C=O) groups excluding carboxylic acids is 2. The molecule has 0 radical (unpaired) electrons. The normalized spacial score (nSPS) is 20.8. The zero-order valence-electron chi connectivity index (χ0n) is 15.0. The fourth-order valence-corrected chi connectivity index (χ4v) is 4.14. The number of carbonyl (C=O) groups is 2. The molecule has 0 spiro atoms. The summed E-state index contributed by atoms with van der Waals surface area (Å²) in [7, 11) is 0. The van der Waals surface area contributed by atoms with E-state index in [1.807, 2.05) is 6.92 Å². The number of ketones is 1. The molecule has 6 heteroatoms. The predicted molar refractivity (Wildman–Crippen MR) is 101 cm³/mol. The lowest BCUT2D eigenvalue weighted by atomic mass is 9.88. The molecule has 2 aliphatic rings. The van der Waals surface area contributed by atoms with Crippen LogP contribution < -0.4 is 10.6 Å². The van der Waals surface area contributed by atoms with Crippen molar-refractivity contribution in [1.82, 2.24) is 10.6 Å². The van der Waals surface area contributed by atoms with Crippen molar-refractivity contribution in [2.24, 2.45) is 5.92 Å². The molecule has 1 heterocycles. The fraction of sp³-hybridized carbons (Fsp3) is 0.500. The van der Waals surface area contributed by atoms with Crippen LogP contribution in [0, 0.1) is 5.92 Å². The van der Waals surface area contributed by atoms with Crippen molar-refractivity contribution in [2.75, 3.05) is 0 Å². The molecule has 5 nitrogen and oxygen atoms in total. The Morgan fingerprint density at radius 1 is 1.31 bits per heavy atom. The summed E-state index contributed by atoms with van der Waals surface area (Å²) in [4.78, 5) is 25.1. The summed E-state index contributed by atoms with van der Waals surface area (Å²) < 4.78 is 0. The average Bonchev–Trinajstić information content (AvgIpc) is 3.14. The Morgan fingerprint density at radius 3 is 2.69 bits per heavy atom. The first kappa shape index (κ1) is 18.8. The number of halogens is 1. The number of hydrogen-bond acceptors (Lipinski definition) is 3. The van der Waals surface area contributed by atoms with E-state index < -0.39 is 6.04 Å². The highest BCUT2D eigenvalue weighted by Gasteiger charge is 2.32. The molecular weight excluding hydrogens is 352 g/mol. The maximum atomic E-state index is 13.0. The predicted octanol–water partition coefficient (Wildman–Crippen LogP) is 4.60. The van der Waals surface area contributed by atoms with E-state index in [-0.39, 0.29) is 22.6 Å². The van der Waals surface area contributed by atoms with Crippen LogP contribution in [0.5, 0.6) is 5.75 Å². The smallest absolute Gasteiger partial charge is 0.319 e. The molecule has 1 fully saturated rings. The van der Waals surface area contributed by atoms with Gasteiger partial charge in [0.15, 0.2) is 5.78 Å². The third kappa shape index (κ3) is 4.04. The molecule has 1 aromatic carbocycles. The van der Waals surface area contributed by atoms with E-state index in [1.54, 1.807) is 12.1 Å². The minimum absolute atomic E-state index is 0.0236. The molecule has 26 heavy (non-hydrogen) atoms. The number of nitrogens with one attached hydrogen (secondary N) is 2. The largest absolute Gasteiger partial charge is 0.506 e. The maximum Gasteiger partial charge on any atom is 0.319 e. The Hall–Kier alpha value is -2.01. The van der Waals surface area contributed by atoms with Crippen molar-refractivity contribution in [3.63, 3.8) is 0 Å². The van der Waals surface area contributed by atoms with Crippen LogP contribution in [0.1, 0.15) is 63.5 Å². The zero-order valence-corrected chi connectivity index (χ0v) is 15.7. The van der Waals surface area contributed by atoms with Gasteiger partial charge in [-0.15, -0.1) is 0 Å². The van der Waals surface area contributed by atoms with Crippen molar-refractivity contribution in [2.45, 2.75) is 57.9 Å². The molecule has 0 unspecified atom stereocenters. The van der Waals surface area contributed by atoms with Gasteiger partial charge in [-0.2, -0.15) is 0 Å². The van der Waals surface area contributed by atoms with E-state index in [0.717, 1.165) is 6.42 Å². The number of aromatic hydroxyl groups is 1. The number of urea groups is 1. The molecule has 1 atom stereocenters. The van der Waals surface area contributed by atoms with Crippen molar-refractivity contribution in [3.05, 3.63) is 40.1 Å². The molecule has 0 bridgehead atoms. The monoisotopic (exact) mass is 376 g/mol. The lowest BCUT2D eigenvalue weighted by Gasteiger charge is -2.30. The van der Waals surface area contributed by atoms with Gasteiger partial charge in [0.2, 0.25) is 0 Å². The Balaban J connectivity index is 1.88. The van der Waals surface area contributed by atoms with Crippen LogP contribution in [0.2, 0.25) is 5.02 Å². The van der Waals surface area contributed by atoms with Gasteiger partial charge in [-0.3, -0.25) is 4.79 Å². The third-order valence-electron chi connectivity index (χ3n) is 5.37. The van der Waals surface area contributed by atoms with Crippen LogP contribution in [0.4, 0.5) is 4.79 Å². The summed E-state index contributed by atoms with van der Waals surface area (Å²) in [6, 6.07) is 3.90. The second kappa shape index (κ2) is 8.12. The summed E-state index contributed by atoms with van der Waals surface area (Å²) in [5.74, 6) is 0.678. The third-order valence-corrected chi connectivity index (χ3v) is 5.67. The molecule has 1 saturated carbocycles. The summed E-state index contributed by atoms with van der Waals surface area (Å²) >= 11 is 6.03. The molecule has 140 valence electrons. The minimum Gasteiger partial charge on any atom is -0.506 e. The molecule has 2 amide bonds. The van der Waals surface area contributed by atoms with Crippen LogP contribution in [0.25, 0.3) is 0 Å². The highest BCUT2D eigenvalue weighted by molar-refractivity contribution is 6.32. The molecule has 3 N–H and O–H groups in total. The highest BCUT2D eigenvalue weighted by Crippen LogP contribution is 2.35. The second-order valence-electron chi connectivity index (χ2n) is 7.10. The molecular formula is C20H25ClN2O3. The number of phenols is 1. The Morgan fingerprint density at radius 2 is 2.04 bits per heavy atom. The molecule has 1 aromatic rings. The van der Waals surface area contributed by atoms with Gasteiger partial charge in [0.25, 0.3) is 0 Å². The van der Waals surface area contributed by atoms with Gasteiger partial charge in [-0.25, -0.2) is 4.79 Å². The summed E-state index contributed by atoms with van der Waals surface area (Å²) in [5, 5.41) is 15.5. The Bertz CT molecular complexity index is 739. The van der Waals surface area contributed by atoms with Gasteiger partial charge in [0.1, 0.15) is 5.75 Å². The van der Waals surface area contributed by atoms with E-state index in [9.17, 15) is 14.7 Å². The first-order chi connectivity index (χ1) is 12.5. The lowest BCUT2D eigenvalue weighted by Crippen LogP contribution is -2.45. The number of benzene rings is 1. The SMILES string of the molecule is CCC1=C(C(=O)CCC2CCCC2)[C@H](c2ccc(O)c(Cl)c2)NC(=O)N1. The molecule has 3 rings (SSSR count). The summed E-state index contributed by atoms with van der Waals surface area (Å²) in [6.07, 6.45) is 6.89. The first-order valence-corrected chi connectivity index (χ1v) is 9.69. The van der Waals surface area contributed by atoms with E-state index in [4.69, 9.17) is 11.6 Å². The van der Waals surface area contributed by atoms with Crippen LogP contribution in [-0.2, 0) is 4.79 Å². The average molecular weight is 377 g/mol. The van der Waals surface area contributed by atoms with E-state index in [2.05, 4.69) is 10.6 Å². The number of allylic oxidation sites excluding steroid dienone is 1. The van der Waals surface area contributed by atoms with Gasteiger partial charge in [-0.1, -0.05) is 50.3 Å². The summed E-state index contributed by atoms with van der Waals surface area (Å²) in [5.41, 5.74) is 1.96. The topological polar surface area (TPSA) is 78.4 Å². The summed E-state index contributed by atoms with van der Waals surface area (Å²) in [6.45, 7) is 1.92. The standard InChI is InChI=1S/C20H25ClN2O3/c1-2-15-18(17(25)9-7-12-5-3-4-6-12)19(23-20(26)22-15)13-8-10-16(24)14(21)11-13/h8,10-12,19,24H,2-7,9H2,1H3,(H2,22,23,26)/t19-/m0/s1. The van der Waals surface area contributed by atoms with Gasteiger partial charge in [0.05, 0.1) is 11.1 Å². The fourth-order valence-electron chi connectivity index (χ4n) is 3.95. The minimum atomic E-state index is -0.548.